The van der Waals surface area contributed by atoms with Gasteiger partial charge >= 0.3 is 0 Å². The number of nitrogens with two attached hydrogens (primary N) is 1. The summed E-state index contributed by atoms with van der Waals surface area (Å²) in [4.78, 5) is 4.32. The summed E-state index contributed by atoms with van der Waals surface area (Å²) in [6, 6.07) is 1.79. The molecule has 0 aliphatic rings. The fourth-order valence-corrected chi connectivity index (χ4v) is 1.66. The van der Waals surface area contributed by atoms with Crippen LogP contribution in [0.1, 0.15) is 31.9 Å². The maximum absolute atomic E-state index is 6.15. The van der Waals surface area contributed by atoms with Gasteiger partial charge in [0, 0.05) is 6.61 Å². The first kappa shape index (κ1) is 13.8. The number of furan rings is 1. The van der Waals surface area contributed by atoms with E-state index in [0.29, 0.717) is 24.9 Å². The second-order valence-electron chi connectivity index (χ2n) is 4.78. The lowest BCUT2D eigenvalue weighted by atomic mass is 10.1. The first-order valence-electron chi connectivity index (χ1n) is 6.30. The van der Waals surface area contributed by atoms with E-state index in [0.717, 1.165) is 17.7 Å². The molecule has 0 fully saturated rings. The number of hydrogen-bond acceptors (Lipinski definition) is 6. The maximum atomic E-state index is 6.15. The molecule has 0 aliphatic heterocycles. The van der Waals surface area contributed by atoms with Gasteiger partial charge in [0.1, 0.15) is 11.3 Å². The van der Waals surface area contributed by atoms with Crippen LogP contribution in [0.4, 0.5) is 0 Å². The fourth-order valence-electron chi connectivity index (χ4n) is 1.66. The molecule has 2 aromatic rings. The van der Waals surface area contributed by atoms with Gasteiger partial charge in [0.05, 0.1) is 18.4 Å². The molecule has 6 heteroatoms. The van der Waals surface area contributed by atoms with Crippen molar-refractivity contribution in [3.8, 4) is 11.5 Å². The number of ether oxygens (including phenoxy) is 1. The van der Waals surface area contributed by atoms with Crippen molar-refractivity contribution < 1.29 is 13.7 Å². The summed E-state index contributed by atoms with van der Waals surface area (Å²) in [5.41, 5.74) is 6.16. The molecule has 0 spiro atoms. The highest BCUT2D eigenvalue weighted by atomic mass is 16.5. The summed E-state index contributed by atoms with van der Waals surface area (Å²) < 4.78 is 15.9. The molecule has 19 heavy (non-hydrogen) atoms. The van der Waals surface area contributed by atoms with Gasteiger partial charge in [0.2, 0.25) is 0 Å². The number of aryl methyl sites for hydroxylation is 1. The van der Waals surface area contributed by atoms with E-state index in [1.165, 1.54) is 0 Å². The standard InChI is InChI=1S/C13H19N3O3/c1-4-6-17-8-13(3,14)12-15-11(19-16-12)10-5-7-18-9(10)2/h5,7H,4,6,8,14H2,1-3H3. The largest absolute Gasteiger partial charge is 0.469 e. The Bertz CT molecular complexity index is 531. The average Bonchev–Trinajstić information content (AvgIpc) is 2.97. The SMILES string of the molecule is CCCOCC(C)(N)c1noc(-c2ccoc2C)n1. The summed E-state index contributed by atoms with van der Waals surface area (Å²) in [5, 5.41) is 3.93. The van der Waals surface area contributed by atoms with E-state index in [2.05, 4.69) is 10.1 Å². The van der Waals surface area contributed by atoms with Gasteiger partial charge in [-0.25, -0.2) is 0 Å². The second kappa shape index (κ2) is 5.54. The Labute approximate surface area is 111 Å². The molecule has 0 bridgehead atoms. The third-order valence-corrected chi connectivity index (χ3v) is 2.78. The molecular weight excluding hydrogens is 246 g/mol. The van der Waals surface area contributed by atoms with Gasteiger partial charge < -0.3 is 19.4 Å². The van der Waals surface area contributed by atoms with Crippen molar-refractivity contribution in [1.29, 1.82) is 0 Å². The Kier molecular flexibility index (Phi) is 4.01. The minimum absolute atomic E-state index is 0.351. The van der Waals surface area contributed by atoms with E-state index in [4.69, 9.17) is 19.4 Å². The zero-order valence-corrected chi connectivity index (χ0v) is 11.5. The summed E-state index contributed by atoms with van der Waals surface area (Å²) in [7, 11) is 0. The number of aromatic nitrogens is 2. The molecule has 2 N–H and O–H groups in total. The van der Waals surface area contributed by atoms with Crippen molar-refractivity contribution >= 4 is 0 Å². The van der Waals surface area contributed by atoms with Crippen LogP contribution in [-0.4, -0.2) is 23.4 Å². The van der Waals surface area contributed by atoms with Gasteiger partial charge in [-0.2, -0.15) is 4.98 Å². The van der Waals surface area contributed by atoms with Crippen LogP contribution in [0.15, 0.2) is 21.3 Å². The molecule has 0 aromatic carbocycles. The minimum Gasteiger partial charge on any atom is -0.469 e. The zero-order valence-electron chi connectivity index (χ0n) is 11.5. The van der Waals surface area contributed by atoms with Gasteiger partial charge in [0.15, 0.2) is 5.82 Å². The van der Waals surface area contributed by atoms with Crippen molar-refractivity contribution in [1.82, 2.24) is 10.1 Å². The molecule has 104 valence electrons. The van der Waals surface area contributed by atoms with Crippen molar-refractivity contribution in [2.75, 3.05) is 13.2 Å². The maximum Gasteiger partial charge on any atom is 0.261 e. The van der Waals surface area contributed by atoms with Crippen LogP contribution in [0.3, 0.4) is 0 Å². The summed E-state index contributed by atoms with van der Waals surface area (Å²) >= 11 is 0. The molecule has 1 unspecified atom stereocenters. The molecule has 0 aliphatic carbocycles. The molecule has 0 radical (unpaired) electrons. The van der Waals surface area contributed by atoms with Crippen molar-refractivity contribution in [3.05, 3.63) is 23.9 Å². The Morgan fingerprint density at radius 2 is 2.26 bits per heavy atom. The first-order chi connectivity index (χ1) is 9.04. The molecule has 1 atom stereocenters. The van der Waals surface area contributed by atoms with Crippen LogP contribution in [0.25, 0.3) is 11.5 Å². The highest BCUT2D eigenvalue weighted by Crippen LogP contribution is 2.24. The number of rotatable bonds is 6. The Balaban J connectivity index is 2.14. The minimum atomic E-state index is -0.769. The van der Waals surface area contributed by atoms with Gasteiger partial charge in [-0.05, 0) is 26.3 Å². The van der Waals surface area contributed by atoms with E-state index >= 15 is 0 Å². The van der Waals surface area contributed by atoms with Crippen LogP contribution in [0.5, 0.6) is 0 Å². The van der Waals surface area contributed by atoms with Crippen LogP contribution in [-0.2, 0) is 10.3 Å². The summed E-state index contributed by atoms with van der Waals surface area (Å²) in [6.45, 7) is 6.72. The van der Waals surface area contributed by atoms with Crippen molar-refractivity contribution in [2.45, 2.75) is 32.7 Å². The molecule has 0 amide bonds. The molecular formula is C13H19N3O3. The van der Waals surface area contributed by atoms with E-state index in [1.54, 1.807) is 12.3 Å². The third kappa shape index (κ3) is 3.02. The van der Waals surface area contributed by atoms with Crippen molar-refractivity contribution in [3.63, 3.8) is 0 Å². The van der Waals surface area contributed by atoms with Crippen LogP contribution in [0, 0.1) is 6.92 Å². The molecule has 0 saturated heterocycles. The molecule has 2 aromatic heterocycles. The Hall–Kier alpha value is -1.66. The van der Waals surface area contributed by atoms with E-state index in [9.17, 15) is 0 Å². The average molecular weight is 265 g/mol. The zero-order chi connectivity index (χ0) is 13.9. The Morgan fingerprint density at radius 1 is 1.47 bits per heavy atom. The van der Waals surface area contributed by atoms with E-state index < -0.39 is 5.54 Å². The van der Waals surface area contributed by atoms with Crippen molar-refractivity contribution in [2.24, 2.45) is 5.73 Å². The van der Waals surface area contributed by atoms with Gasteiger partial charge in [0.25, 0.3) is 5.89 Å². The van der Waals surface area contributed by atoms with Crippen LogP contribution >= 0.6 is 0 Å². The van der Waals surface area contributed by atoms with Gasteiger partial charge in [-0.1, -0.05) is 12.1 Å². The van der Waals surface area contributed by atoms with Crippen LogP contribution < -0.4 is 5.73 Å². The Morgan fingerprint density at radius 3 is 2.89 bits per heavy atom. The highest BCUT2D eigenvalue weighted by Gasteiger charge is 2.28. The number of nitrogens with zero attached hydrogens (tertiary/aromatic N) is 2. The lowest BCUT2D eigenvalue weighted by Crippen LogP contribution is -2.39. The van der Waals surface area contributed by atoms with Gasteiger partial charge in [-0.15, -0.1) is 0 Å². The molecule has 2 rings (SSSR count). The molecule has 0 saturated carbocycles. The molecule has 6 nitrogen and oxygen atoms in total. The smallest absolute Gasteiger partial charge is 0.261 e. The van der Waals surface area contributed by atoms with Gasteiger partial charge in [-0.3, -0.25) is 0 Å². The predicted octanol–water partition coefficient (Wildman–Crippen LogP) is 2.24. The fraction of sp³-hybridized carbons (Fsp3) is 0.538. The monoisotopic (exact) mass is 265 g/mol. The topological polar surface area (TPSA) is 87.3 Å². The predicted molar refractivity (Wildman–Crippen MR) is 69.4 cm³/mol. The normalized spacial score (nSPS) is 14.5. The quantitative estimate of drug-likeness (QED) is 0.806. The second-order valence-corrected chi connectivity index (χ2v) is 4.78. The van der Waals surface area contributed by atoms with E-state index in [1.807, 2.05) is 20.8 Å². The number of hydrogen-bond donors (Lipinski definition) is 1. The highest BCUT2D eigenvalue weighted by molar-refractivity contribution is 5.54. The van der Waals surface area contributed by atoms with Crippen LogP contribution in [0.2, 0.25) is 0 Å². The summed E-state index contributed by atoms with van der Waals surface area (Å²) in [6.07, 6.45) is 2.53. The molecule has 2 heterocycles. The van der Waals surface area contributed by atoms with E-state index in [-0.39, 0.29) is 0 Å². The lowest BCUT2D eigenvalue weighted by Gasteiger charge is -2.19. The first-order valence-corrected chi connectivity index (χ1v) is 6.30. The summed E-state index contributed by atoms with van der Waals surface area (Å²) in [5.74, 6) is 1.57. The lowest BCUT2D eigenvalue weighted by molar-refractivity contribution is 0.0867. The third-order valence-electron chi connectivity index (χ3n) is 2.78.